The molecule has 0 saturated heterocycles. The fourth-order valence-electron chi connectivity index (χ4n) is 1.57. The van der Waals surface area contributed by atoms with E-state index in [4.69, 9.17) is 4.74 Å². The first-order valence-electron chi connectivity index (χ1n) is 6.52. The van der Waals surface area contributed by atoms with Gasteiger partial charge in [-0.1, -0.05) is 12.1 Å². The molecular formula is C15H14FN3O3. The second-order valence-electron chi connectivity index (χ2n) is 4.56. The molecule has 6 nitrogen and oxygen atoms in total. The summed E-state index contributed by atoms with van der Waals surface area (Å²) in [7, 11) is 0. The molecule has 2 aromatic rings. The number of rotatable bonds is 4. The van der Waals surface area contributed by atoms with Crippen LogP contribution in [0.3, 0.4) is 0 Å². The Hall–Kier alpha value is -2.83. The summed E-state index contributed by atoms with van der Waals surface area (Å²) < 4.78 is 18.4. The van der Waals surface area contributed by atoms with Crippen molar-refractivity contribution in [2.45, 2.75) is 20.0 Å². The van der Waals surface area contributed by atoms with Gasteiger partial charge in [0, 0.05) is 6.20 Å². The highest BCUT2D eigenvalue weighted by atomic mass is 19.1. The summed E-state index contributed by atoms with van der Waals surface area (Å²) >= 11 is 0. The molecule has 0 bridgehead atoms. The van der Waals surface area contributed by atoms with Crippen molar-refractivity contribution in [3.63, 3.8) is 0 Å². The highest BCUT2D eigenvalue weighted by molar-refractivity contribution is 5.96. The predicted octanol–water partition coefficient (Wildman–Crippen LogP) is 2.11. The molecular weight excluding hydrogens is 289 g/mol. The Bertz CT molecular complexity index is 689. The van der Waals surface area contributed by atoms with Crippen molar-refractivity contribution in [1.82, 2.24) is 9.97 Å². The summed E-state index contributed by atoms with van der Waals surface area (Å²) in [6.07, 6.45) is 1.58. The molecule has 0 saturated carbocycles. The van der Waals surface area contributed by atoms with Gasteiger partial charge < -0.3 is 10.1 Å². The lowest BCUT2D eigenvalue weighted by molar-refractivity contribution is -0.123. The van der Waals surface area contributed by atoms with E-state index in [0.717, 1.165) is 0 Å². The zero-order chi connectivity index (χ0) is 16.1. The Morgan fingerprint density at radius 2 is 1.95 bits per heavy atom. The average molecular weight is 303 g/mol. The zero-order valence-electron chi connectivity index (χ0n) is 12.0. The van der Waals surface area contributed by atoms with E-state index in [9.17, 15) is 14.0 Å². The van der Waals surface area contributed by atoms with Crippen molar-refractivity contribution < 1.29 is 18.7 Å². The number of amides is 1. The summed E-state index contributed by atoms with van der Waals surface area (Å²) in [6.45, 7) is 3.11. The number of carbonyl (C=O) groups is 2. The van der Waals surface area contributed by atoms with Crippen molar-refractivity contribution in [3.05, 3.63) is 53.9 Å². The predicted molar refractivity (Wildman–Crippen MR) is 76.7 cm³/mol. The van der Waals surface area contributed by atoms with E-state index in [1.165, 1.54) is 37.5 Å². The van der Waals surface area contributed by atoms with Crippen molar-refractivity contribution in [3.8, 4) is 0 Å². The Morgan fingerprint density at radius 1 is 1.23 bits per heavy atom. The van der Waals surface area contributed by atoms with Crippen LogP contribution >= 0.6 is 0 Å². The van der Waals surface area contributed by atoms with Gasteiger partial charge in [0.25, 0.3) is 5.91 Å². The Kier molecular flexibility index (Phi) is 4.77. The molecule has 2 rings (SSSR count). The van der Waals surface area contributed by atoms with E-state index in [1.807, 2.05) is 0 Å². The number of aryl methyl sites for hydroxylation is 1. The van der Waals surface area contributed by atoms with E-state index in [-0.39, 0.29) is 11.4 Å². The van der Waals surface area contributed by atoms with Gasteiger partial charge in [0.15, 0.2) is 11.8 Å². The third-order valence-corrected chi connectivity index (χ3v) is 2.77. The number of hydrogen-bond donors (Lipinski definition) is 1. The molecule has 1 aromatic heterocycles. The molecule has 1 amide bonds. The third kappa shape index (κ3) is 3.85. The number of ether oxygens (including phenoxy) is 1. The van der Waals surface area contributed by atoms with Gasteiger partial charge in [-0.05, 0) is 26.0 Å². The molecule has 1 atom stereocenters. The minimum absolute atomic E-state index is 0.00357. The number of benzene rings is 1. The van der Waals surface area contributed by atoms with Crippen LogP contribution in [0.1, 0.15) is 23.1 Å². The Balaban J connectivity index is 1.98. The maximum absolute atomic E-state index is 13.4. The first-order chi connectivity index (χ1) is 10.5. The lowest BCUT2D eigenvalue weighted by atomic mass is 10.3. The first-order valence-corrected chi connectivity index (χ1v) is 6.52. The molecule has 0 aliphatic heterocycles. The van der Waals surface area contributed by atoms with Gasteiger partial charge in [0.2, 0.25) is 0 Å². The second kappa shape index (κ2) is 6.75. The van der Waals surface area contributed by atoms with Crippen LogP contribution in [0.25, 0.3) is 0 Å². The monoisotopic (exact) mass is 303 g/mol. The van der Waals surface area contributed by atoms with E-state index in [2.05, 4.69) is 15.3 Å². The van der Waals surface area contributed by atoms with Crippen molar-refractivity contribution in [1.29, 1.82) is 0 Å². The Morgan fingerprint density at radius 3 is 2.59 bits per heavy atom. The summed E-state index contributed by atoms with van der Waals surface area (Å²) in [5.74, 6) is -1.99. The SMILES string of the molecule is Cc1cnc(C(=O)OC(C)C(=O)Nc2ccccc2F)cn1. The highest BCUT2D eigenvalue weighted by Crippen LogP contribution is 2.13. The number of nitrogens with one attached hydrogen (secondary N) is 1. The Labute approximate surface area is 126 Å². The molecule has 0 spiro atoms. The number of carbonyl (C=O) groups excluding carboxylic acids is 2. The van der Waals surface area contributed by atoms with Crippen LogP contribution in [0.5, 0.6) is 0 Å². The van der Waals surface area contributed by atoms with Crippen LogP contribution in [0.15, 0.2) is 36.7 Å². The number of anilines is 1. The number of para-hydroxylation sites is 1. The van der Waals surface area contributed by atoms with Crippen molar-refractivity contribution in [2.24, 2.45) is 0 Å². The fourth-order valence-corrected chi connectivity index (χ4v) is 1.57. The zero-order valence-corrected chi connectivity index (χ0v) is 12.0. The molecule has 22 heavy (non-hydrogen) atoms. The lowest BCUT2D eigenvalue weighted by Crippen LogP contribution is -2.30. The molecule has 1 N–H and O–H groups in total. The quantitative estimate of drug-likeness (QED) is 0.875. The van der Waals surface area contributed by atoms with E-state index >= 15 is 0 Å². The van der Waals surface area contributed by atoms with Crippen LogP contribution in [-0.4, -0.2) is 27.9 Å². The highest BCUT2D eigenvalue weighted by Gasteiger charge is 2.20. The topological polar surface area (TPSA) is 81.2 Å². The minimum atomic E-state index is -1.10. The minimum Gasteiger partial charge on any atom is -0.448 e. The van der Waals surface area contributed by atoms with Gasteiger partial charge in [-0.3, -0.25) is 9.78 Å². The summed E-state index contributed by atoms with van der Waals surface area (Å²) in [5.41, 5.74) is 0.670. The average Bonchev–Trinajstić information content (AvgIpc) is 2.50. The molecule has 1 heterocycles. The van der Waals surface area contributed by atoms with Gasteiger partial charge in [0.05, 0.1) is 17.6 Å². The molecule has 0 radical (unpaired) electrons. The van der Waals surface area contributed by atoms with E-state index in [1.54, 1.807) is 13.0 Å². The summed E-state index contributed by atoms with van der Waals surface area (Å²) in [6, 6.07) is 5.71. The maximum atomic E-state index is 13.4. The van der Waals surface area contributed by atoms with E-state index in [0.29, 0.717) is 5.69 Å². The standard InChI is InChI=1S/C15H14FN3O3/c1-9-7-18-13(8-17-9)15(21)22-10(2)14(20)19-12-6-4-3-5-11(12)16/h3-8,10H,1-2H3,(H,19,20). The molecule has 0 aliphatic rings. The van der Waals surface area contributed by atoms with Crippen molar-refractivity contribution >= 4 is 17.6 Å². The number of hydrogen-bond acceptors (Lipinski definition) is 5. The molecule has 0 aliphatic carbocycles. The maximum Gasteiger partial charge on any atom is 0.359 e. The lowest BCUT2D eigenvalue weighted by Gasteiger charge is -2.13. The fraction of sp³-hybridized carbons (Fsp3) is 0.200. The van der Waals surface area contributed by atoms with Crippen LogP contribution in [0.4, 0.5) is 10.1 Å². The van der Waals surface area contributed by atoms with Crippen LogP contribution in [0.2, 0.25) is 0 Å². The smallest absolute Gasteiger partial charge is 0.359 e. The summed E-state index contributed by atoms with van der Waals surface area (Å²) in [4.78, 5) is 31.5. The second-order valence-corrected chi connectivity index (χ2v) is 4.56. The van der Waals surface area contributed by atoms with Crippen LogP contribution in [-0.2, 0) is 9.53 Å². The number of esters is 1. The van der Waals surface area contributed by atoms with Gasteiger partial charge in [-0.25, -0.2) is 14.2 Å². The molecule has 7 heteroatoms. The van der Waals surface area contributed by atoms with E-state index < -0.39 is 23.8 Å². The number of aromatic nitrogens is 2. The van der Waals surface area contributed by atoms with Gasteiger partial charge in [-0.15, -0.1) is 0 Å². The van der Waals surface area contributed by atoms with Gasteiger partial charge in [-0.2, -0.15) is 0 Å². The first kappa shape index (κ1) is 15.6. The molecule has 1 aromatic carbocycles. The van der Waals surface area contributed by atoms with Crippen LogP contribution in [0, 0.1) is 12.7 Å². The third-order valence-electron chi connectivity index (χ3n) is 2.77. The van der Waals surface area contributed by atoms with Gasteiger partial charge in [0.1, 0.15) is 5.82 Å². The van der Waals surface area contributed by atoms with Gasteiger partial charge >= 0.3 is 5.97 Å². The number of nitrogens with zero attached hydrogens (tertiary/aromatic N) is 2. The van der Waals surface area contributed by atoms with Crippen molar-refractivity contribution in [2.75, 3.05) is 5.32 Å². The number of halogens is 1. The van der Waals surface area contributed by atoms with Crippen LogP contribution < -0.4 is 5.32 Å². The molecule has 1 unspecified atom stereocenters. The molecule has 114 valence electrons. The normalized spacial score (nSPS) is 11.6. The largest absolute Gasteiger partial charge is 0.448 e. The molecule has 0 fully saturated rings. The summed E-state index contributed by atoms with van der Waals surface area (Å²) in [5, 5.41) is 2.35.